The predicted octanol–water partition coefficient (Wildman–Crippen LogP) is -0.820. The van der Waals surface area contributed by atoms with Crippen LogP contribution in [0.15, 0.2) is 0 Å². The number of nitrogens with one attached hydrogen (secondary N) is 1. The molecule has 66 valence electrons. The Morgan fingerprint density at radius 1 is 1.42 bits per heavy atom. The molecule has 0 saturated carbocycles. The van der Waals surface area contributed by atoms with Gasteiger partial charge in [0.05, 0.1) is 6.04 Å². The van der Waals surface area contributed by atoms with Crippen molar-refractivity contribution < 1.29 is 0 Å². The van der Waals surface area contributed by atoms with E-state index in [1.165, 1.54) is 0 Å². The molecule has 1 saturated heterocycles. The Labute approximate surface area is 70.1 Å². The lowest BCUT2D eigenvalue weighted by Gasteiger charge is -2.22. The molecule has 0 aromatic carbocycles. The fourth-order valence-electron chi connectivity index (χ4n) is 1.51. The van der Waals surface area contributed by atoms with Crippen LogP contribution < -0.4 is 11.1 Å². The Morgan fingerprint density at radius 2 is 2.17 bits per heavy atom. The second kappa shape index (κ2) is 3.06. The topological polar surface area (TPSA) is 81.7 Å². The lowest BCUT2D eigenvalue weighted by molar-refractivity contribution is 0.341. The third-order valence-corrected chi connectivity index (χ3v) is 2.17. The highest BCUT2D eigenvalue weighted by Gasteiger charge is 2.17. The average Bonchev–Trinajstić information content (AvgIpc) is 2.53. The lowest BCUT2D eigenvalue weighted by atomic mass is 10.1. The molecule has 2 rings (SSSR count). The summed E-state index contributed by atoms with van der Waals surface area (Å²) < 4.78 is 1.71. The summed E-state index contributed by atoms with van der Waals surface area (Å²) in [6, 6.07) is 0.376. The lowest BCUT2D eigenvalue weighted by Crippen LogP contribution is -2.30. The van der Waals surface area contributed by atoms with E-state index in [2.05, 4.69) is 20.8 Å². The summed E-state index contributed by atoms with van der Waals surface area (Å²) in [5.41, 5.74) is 5.58. The summed E-state index contributed by atoms with van der Waals surface area (Å²) in [7, 11) is 0. The van der Waals surface area contributed by atoms with E-state index in [1.807, 2.05) is 0 Å². The van der Waals surface area contributed by atoms with Gasteiger partial charge in [0.2, 0.25) is 5.95 Å². The van der Waals surface area contributed by atoms with Crippen molar-refractivity contribution in [3.63, 3.8) is 0 Å². The number of nitrogens with two attached hydrogens (primary N) is 1. The summed E-state index contributed by atoms with van der Waals surface area (Å²) in [6.07, 6.45) is 2.10. The van der Waals surface area contributed by atoms with E-state index in [9.17, 15) is 0 Å². The second-order valence-corrected chi connectivity index (χ2v) is 2.96. The van der Waals surface area contributed by atoms with Crippen molar-refractivity contribution >= 4 is 5.95 Å². The minimum atomic E-state index is 0.376. The Kier molecular flexibility index (Phi) is 1.91. The Bertz CT molecular complexity index is 250. The summed E-state index contributed by atoms with van der Waals surface area (Å²) in [4.78, 5) is 0. The summed E-state index contributed by atoms with van der Waals surface area (Å²) in [5, 5.41) is 14.3. The van der Waals surface area contributed by atoms with Crippen LogP contribution in [0.1, 0.15) is 18.9 Å². The van der Waals surface area contributed by atoms with Crippen molar-refractivity contribution in [2.75, 3.05) is 18.8 Å². The first-order chi connectivity index (χ1) is 5.88. The van der Waals surface area contributed by atoms with Gasteiger partial charge in [-0.2, -0.15) is 0 Å². The van der Waals surface area contributed by atoms with Crippen LogP contribution in [0.4, 0.5) is 5.95 Å². The predicted molar refractivity (Wildman–Crippen MR) is 43.4 cm³/mol. The molecule has 0 unspecified atom stereocenters. The van der Waals surface area contributed by atoms with E-state index in [1.54, 1.807) is 4.68 Å². The minimum absolute atomic E-state index is 0.376. The van der Waals surface area contributed by atoms with Gasteiger partial charge in [-0.1, -0.05) is 5.10 Å². The van der Waals surface area contributed by atoms with E-state index in [4.69, 9.17) is 5.73 Å². The van der Waals surface area contributed by atoms with Gasteiger partial charge in [0.15, 0.2) is 0 Å². The SMILES string of the molecule is Nc1nnnn1C1CCNCC1. The molecule has 2 heterocycles. The molecule has 6 heteroatoms. The van der Waals surface area contributed by atoms with Crippen molar-refractivity contribution in [1.82, 2.24) is 25.5 Å². The van der Waals surface area contributed by atoms with Crippen molar-refractivity contribution in [3.8, 4) is 0 Å². The fourth-order valence-corrected chi connectivity index (χ4v) is 1.51. The number of nitrogen functional groups attached to an aromatic ring is 1. The second-order valence-electron chi connectivity index (χ2n) is 2.96. The molecule has 1 fully saturated rings. The van der Waals surface area contributed by atoms with Crippen LogP contribution in [0, 0.1) is 0 Å². The van der Waals surface area contributed by atoms with Gasteiger partial charge in [-0.3, -0.25) is 0 Å². The molecule has 0 bridgehead atoms. The van der Waals surface area contributed by atoms with E-state index in [0.29, 0.717) is 12.0 Å². The fraction of sp³-hybridized carbons (Fsp3) is 0.833. The normalized spacial score (nSPS) is 19.7. The Morgan fingerprint density at radius 3 is 2.75 bits per heavy atom. The van der Waals surface area contributed by atoms with Gasteiger partial charge in [-0.25, -0.2) is 4.68 Å². The number of piperidine rings is 1. The number of hydrogen-bond donors (Lipinski definition) is 2. The van der Waals surface area contributed by atoms with Crippen molar-refractivity contribution in [2.24, 2.45) is 0 Å². The highest BCUT2D eigenvalue weighted by molar-refractivity contribution is 5.11. The van der Waals surface area contributed by atoms with Gasteiger partial charge < -0.3 is 11.1 Å². The van der Waals surface area contributed by atoms with E-state index < -0.39 is 0 Å². The summed E-state index contributed by atoms with van der Waals surface area (Å²) in [6.45, 7) is 2.04. The molecule has 0 amide bonds. The smallest absolute Gasteiger partial charge is 0.240 e. The first kappa shape index (κ1) is 7.48. The first-order valence-electron chi connectivity index (χ1n) is 4.12. The minimum Gasteiger partial charge on any atom is -0.367 e. The van der Waals surface area contributed by atoms with Crippen molar-refractivity contribution in [3.05, 3.63) is 0 Å². The zero-order valence-corrected chi connectivity index (χ0v) is 6.77. The third-order valence-electron chi connectivity index (χ3n) is 2.17. The number of rotatable bonds is 1. The summed E-state index contributed by atoms with van der Waals surface area (Å²) >= 11 is 0. The van der Waals surface area contributed by atoms with Crippen molar-refractivity contribution in [1.29, 1.82) is 0 Å². The average molecular weight is 168 g/mol. The molecule has 1 aliphatic rings. The number of nitrogens with zero attached hydrogens (tertiary/aromatic N) is 4. The number of tetrazole rings is 1. The quantitative estimate of drug-likeness (QED) is 0.572. The molecule has 12 heavy (non-hydrogen) atoms. The van der Waals surface area contributed by atoms with Gasteiger partial charge in [-0.05, 0) is 36.4 Å². The van der Waals surface area contributed by atoms with E-state index in [0.717, 1.165) is 25.9 Å². The highest BCUT2D eigenvalue weighted by atomic mass is 15.6. The third kappa shape index (κ3) is 1.25. The molecule has 0 aliphatic carbocycles. The number of anilines is 1. The van der Waals surface area contributed by atoms with Gasteiger partial charge in [0.25, 0.3) is 0 Å². The van der Waals surface area contributed by atoms with Gasteiger partial charge in [-0.15, -0.1) is 0 Å². The van der Waals surface area contributed by atoms with E-state index in [-0.39, 0.29) is 0 Å². The maximum atomic E-state index is 5.58. The highest BCUT2D eigenvalue weighted by Crippen LogP contribution is 2.18. The molecule has 6 nitrogen and oxygen atoms in total. The Hall–Kier alpha value is -1.17. The largest absolute Gasteiger partial charge is 0.367 e. The Balaban J connectivity index is 2.13. The van der Waals surface area contributed by atoms with Crippen LogP contribution in [0.5, 0.6) is 0 Å². The van der Waals surface area contributed by atoms with E-state index >= 15 is 0 Å². The first-order valence-corrected chi connectivity index (χ1v) is 4.12. The van der Waals surface area contributed by atoms with Crippen LogP contribution in [-0.2, 0) is 0 Å². The molecule has 1 aromatic heterocycles. The molecule has 0 radical (unpaired) electrons. The summed E-state index contributed by atoms with van der Waals surface area (Å²) in [5.74, 6) is 0.418. The molecule has 3 N–H and O–H groups in total. The standard InChI is InChI=1S/C6H12N6/c7-6-9-10-11-12(6)5-1-3-8-4-2-5/h5,8H,1-4H2,(H2,7,9,11). The van der Waals surface area contributed by atoms with Gasteiger partial charge in [0.1, 0.15) is 0 Å². The van der Waals surface area contributed by atoms with Crippen LogP contribution in [-0.4, -0.2) is 33.3 Å². The van der Waals surface area contributed by atoms with Crippen LogP contribution in [0.3, 0.4) is 0 Å². The zero-order chi connectivity index (χ0) is 8.39. The molecule has 1 aromatic rings. The van der Waals surface area contributed by atoms with Crippen LogP contribution in [0.25, 0.3) is 0 Å². The number of aromatic nitrogens is 4. The maximum absolute atomic E-state index is 5.58. The number of hydrogen-bond acceptors (Lipinski definition) is 5. The molecule has 1 aliphatic heterocycles. The molecule has 0 atom stereocenters. The monoisotopic (exact) mass is 168 g/mol. The maximum Gasteiger partial charge on any atom is 0.240 e. The molecule has 0 spiro atoms. The zero-order valence-electron chi connectivity index (χ0n) is 6.77. The van der Waals surface area contributed by atoms with Crippen LogP contribution in [0.2, 0.25) is 0 Å². The molecular formula is C6H12N6. The van der Waals surface area contributed by atoms with Gasteiger partial charge >= 0.3 is 0 Å². The molecular weight excluding hydrogens is 156 g/mol. The van der Waals surface area contributed by atoms with Crippen LogP contribution >= 0.6 is 0 Å². The van der Waals surface area contributed by atoms with Gasteiger partial charge in [0, 0.05) is 0 Å². The van der Waals surface area contributed by atoms with Crippen molar-refractivity contribution in [2.45, 2.75) is 18.9 Å².